The van der Waals surface area contributed by atoms with Gasteiger partial charge in [-0.15, -0.1) is 0 Å². The molecule has 2 heterocycles. The monoisotopic (exact) mass is 605 g/mol. The zero-order chi connectivity index (χ0) is 29.5. The van der Waals surface area contributed by atoms with E-state index in [1.807, 2.05) is 11.8 Å². The number of urea groups is 1. The van der Waals surface area contributed by atoms with Crippen LogP contribution in [-0.4, -0.2) is 76.9 Å². The quantitative estimate of drug-likeness (QED) is 0.305. The number of likely N-dealkylation sites (tertiary alicyclic amines) is 1. The number of amides is 3. The van der Waals surface area contributed by atoms with Crippen LogP contribution < -0.4 is 5.32 Å². The number of piperidine rings is 1. The van der Waals surface area contributed by atoms with Gasteiger partial charge in [0.15, 0.2) is 0 Å². The molecule has 1 aromatic carbocycles. The van der Waals surface area contributed by atoms with Crippen LogP contribution in [0.1, 0.15) is 74.2 Å². The lowest BCUT2D eigenvalue weighted by Gasteiger charge is -2.42. The average molecular weight is 607 g/mol. The van der Waals surface area contributed by atoms with Crippen molar-refractivity contribution < 1.29 is 14.0 Å². The summed E-state index contributed by atoms with van der Waals surface area (Å²) in [6.45, 7) is 7.14. The molecule has 1 saturated carbocycles. The fraction of sp³-hybridized carbons (Fsp3) is 0.581. The van der Waals surface area contributed by atoms with Crippen LogP contribution in [0.3, 0.4) is 0 Å². The van der Waals surface area contributed by atoms with Crippen molar-refractivity contribution in [2.24, 2.45) is 5.92 Å². The largest absolute Gasteiger partial charge is 0.342 e. The molecule has 2 aromatic rings. The van der Waals surface area contributed by atoms with Gasteiger partial charge in [-0.2, -0.15) is 0 Å². The number of carbonyl (C=O) groups excluding carboxylic acids is 2. The Morgan fingerprint density at radius 1 is 1.10 bits per heavy atom. The van der Waals surface area contributed by atoms with E-state index in [9.17, 15) is 14.0 Å². The number of benzene rings is 1. The Labute approximate surface area is 253 Å². The van der Waals surface area contributed by atoms with Crippen molar-refractivity contribution in [3.8, 4) is 0 Å². The van der Waals surface area contributed by atoms with Crippen LogP contribution in [-0.2, 0) is 0 Å². The average Bonchev–Trinajstić information content (AvgIpc) is 2.95. The molecule has 1 N–H and O–H groups in total. The van der Waals surface area contributed by atoms with Gasteiger partial charge >= 0.3 is 6.03 Å². The highest BCUT2D eigenvalue weighted by atomic mass is 35.5. The number of rotatable bonds is 9. The van der Waals surface area contributed by atoms with Gasteiger partial charge < -0.3 is 20.0 Å². The number of hydrogen-bond acceptors (Lipinski definition) is 4. The second-order valence-electron chi connectivity index (χ2n) is 11.7. The van der Waals surface area contributed by atoms with Crippen molar-refractivity contribution in [2.45, 2.75) is 77.3 Å². The first-order chi connectivity index (χ1) is 19.6. The molecule has 4 rings (SSSR count). The first-order valence-corrected chi connectivity index (χ1v) is 15.5. The number of carbonyl (C=O) groups is 2. The molecule has 2 fully saturated rings. The Bertz CT molecular complexity index is 1160. The summed E-state index contributed by atoms with van der Waals surface area (Å²) in [4.78, 5) is 36.7. The van der Waals surface area contributed by atoms with E-state index in [4.69, 9.17) is 23.2 Å². The van der Waals surface area contributed by atoms with Gasteiger partial charge in [0.05, 0.1) is 5.56 Å². The lowest BCUT2D eigenvalue weighted by Crippen LogP contribution is -2.52. The molecule has 10 heteroatoms. The molecule has 224 valence electrons. The molecule has 0 bridgehead atoms. The highest BCUT2D eigenvalue weighted by Gasteiger charge is 2.32. The van der Waals surface area contributed by atoms with Crippen molar-refractivity contribution in [1.29, 1.82) is 0 Å². The maximum Gasteiger partial charge on any atom is 0.322 e. The molecule has 1 saturated heterocycles. The molecule has 1 aliphatic carbocycles. The lowest BCUT2D eigenvalue weighted by atomic mass is 9.88. The van der Waals surface area contributed by atoms with Crippen LogP contribution in [0.15, 0.2) is 30.3 Å². The van der Waals surface area contributed by atoms with Gasteiger partial charge in [0.2, 0.25) is 0 Å². The van der Waals surface area contributed by atoms with E-state index in [2.05, 4.69) is 22.1 Å². The fourth-order valence-corrected chi connectivity index (χ4v) is 6.73. The van der Waals surface area contributed by atoms with Crippen LogP contribution in [0, 0.1) is 18.7 Å². The maximum atomic E-state index is 13.5. The Morgan fingerprint density at radius 3 is 2.39 bits per heavy atom. The number of nitrogens with zero attached hydrogens (tertiary/aromatic N) is 4. The van der Waals surface area contributed by atoms with Gasteiger partial charge in [-0.3, -0.25) is 4.79 Å². The number of anilines is 1. The number of nitrogens with one attached hydrogen (secondary N) is 1. The molecule has 2 aliphatic rings. The Kier molecular flexibility index (Phi) is 11.3. The molecule has 0 radical (unpaired) electrons. The minimum atomic E-state index is -0.319. The zero-order valence-electron chi connectivity index (χ0n) is 24.3. The highest BCUT2D eigenvalue weighted by Crippen LogP contribution is 2.28. The van der Waals surface area contributed by atoms with Crippen molar-refractivity contribution in [2.75, 3.05) is 38.5 Å². The van der Waals surface area contributed by atoms with Crippen LogP contribution in [0.25, 0.3) is 0 Å². The Morgan fingerprint density at radius 2 is 1.76 bits per heavy atom. The van der Waals surface area contributed by atoms with Gasteiger partial charge in [0.25, 0.3) is 5.91 Å². The molecule has 0 spiro atoms. The smallest absolute Gasteiger partial charge is 0.322 e. The molecule has 0 unspecified atom stereocenters. The summed E-state index contributed by atoms with van der Waals surface area (Å²) in [5, 5.41) is 3.41. The van der Waals surface area contributed by atoms with Crippen molar-refractivity contribution in [3.63, 3.8) is 0 Å². The lowest BCUT2D eigenvalue weighted by molar-refractivity contribution is 0.0738. The van der Waals surface area contributed by atoms with Gasteiger partial charge in [0.1, 0.15) is 16.1 Å². The van der Waals surface area contributed by atoms with Crippen LogP contribution in [0.2, 0.25) is 10.3 Å². The Hall–Kier alpha value is -2.42. The molecule has 1 aliphatic heterocycles. The van der Waals surface area contributed by atoms with Gasteiger partial charge in [0, 0.05) is 51.0 Å². The molecule has 41 heavy (non-hydrogen) atoms. The second kappa shape index (κ2) is 14.7. The predicted molar refractivity (Wildman–Crippen MR) is 163 cm³/mol. The van der Waals surface area contributed by atoms with Crippen molar-refractivity contribution in [3.05, 3.63) is 57.6 Å². The van der Waals surface area contributed by atoms with Crippen molar-refractivity contribution >= 4 is 40.8 Å². The third-order valence-corrected chi connectivity index (χ3v) is 9.15. The molecule has 1 atom stereocenters. The standard InChI is InChI=1S/C31H42Cl2FN5O2/c1-21-19-27(32)36-29(33)28(21)30(40)37(3)16-13-22(2)38-17-14-26(15-18-38)39(20-23-7-5-4-6-8-23)31(41)35-25-11-9-24(34)10-12-25/h9-12,19,22-23,26H,4-8,13-18,20H2,1-3H3,(H,35,41)/t22-/m1/s1. The van der Waals surface area contributed by atoms with Crippen LogP contribution >= 0.6 is 23.2 Å². The summed E-state index contributed by atoms with van der Waals surface area (Å²) >= 11 is 12.2. The van der Waals surface area contributed by atoms with E-state index >= 15 is 0 Å². The third-order valence-electron chi connectivity index (χ3n) is 8.68. The van der Waals surface area contributed by atoms with E-state index in [0.717, 1.165) is 38.9 Å². The molecule has 7 nitrogen and oxygen atoms in total. The van der Waals surface area contributed by atoms with Crippen LogP contribution in [0.5, 0.6) is 0 Å². The van der Waals surface area contributed by atoms with E-state index in [1.54, 1.807) is 30.1 Å². The molecule has 1 aromatic heterocycles. The zero-order valence-corrected chi connectivity index (χ0v) is 25.9. The van der Waals surface area contributed by atoms with Gasteiger partial charge in [-0.05, 0) is 87.8 Å². The summed E-state index contributed by atoms with van der Waals surface area (Å²) < 4.78 is 13.4. The summed E-state index contributed by atoms with van der Waals surface area (Å²) in [6, 6.07) is 7.95. The number of aryl methyl sites for hydroxylation is 1. The van der Waals surface area contributed by atoms with E-state index in [-0.39, 0.29) is 40.1 Å². The molecular formula is C31H42Cl2FN5O2. The van der Waals surface area contributed by atoms with Gasteiger partial charge in [-0.25, -0.2) is 14.2 Å². The normalized spacial score (nSPS) is 17.7. The number of pyridine rings is 1. The SMILES string of the molecule is Cc1cc(Cl)nc(Cl)c1C(=O)N(C)CC[C@@H](C)N1CCC(N(CC2CCCCC2)C(=O)Nc2ccc(F)cc2)CC1. The number of aromatic nitrogens is 1. The summed E-state index contributed by atoms with van der Waals surface area (Å²) in [7, 11) is 1.79. The number of halogens is 3. The van der Waals surface area contributed by atoms with E-state index in [1.165, 1.54) is 44.2 Å². The first kappa shape index (κ1) is 31.5. The maximum absolute atomic E-state index is 13.5. The second-order valence-corrected chi connectivity index (χ2v) is 12.4. The summed E-state index contributed by atoms with van der Waals surface area (Å²) in [6.07, 6.45) is 8.68. The first-order valence-electron chi connectivity index (χ1n) is 14.8. The number of hydrogen-bond donors (Lipinski definition) is 1. The van der Waals surface area contributed by atoms with Crippen LogP contribution in [0.4, 0.5) is 14.9 Å². The van der Waals surface area contributed by atoms with E-state index < -0.39 is 0 Å². The summed E-state index contributed by atoms with van der Waals surface area (Å²) in [5.41, 5.74) is 1.72. The predicted octanol–water partition coefficient (Wildman–Crippen LogP) is 7.27. The Balaban J connectivity index is 1.32. The highest BCUT2D eigenvalue weighted by molar-refractivity contribution is 6.34. The van der Waals surface area contributed by atoms with E-state index in [0.29, 0.717) is 29.3 Å². The topological polar surface area (TPSA) is 68.8 Å². The van der Waals surface area contributed by atoms with Gasteiger partial charge in [-0.1, -0.05) is 42.5 Å². The fourth-order valence-electron chi connectivity index (χ4n) is 6.12. The van der Waals surface area contributed by atoms with Crippen molar-refractivity contribution in [1.82, 2.24) is 19.7 Å². The minimum Gasteiger partial charge on any atom is -0.342 e. The summed E-state index contributed by atoms with van der Waals surface area (Å²) in [5.74, 6) is 0.0498. The molecule has 3 amide bonds. The third kappa shape index (κ3) is 8.55. The minimum absolute atomic E-state index is 0.0977. The molecular weight excluding hydrogens is 564 g/mol.